The minimum absolute atomic E-state index is 0.846. The van der Waals surface area contributed by atoms with E-state index in [-0.39, 0.29) is 0 Å². The van der Waals surface area contributed by atoms with Gasteiger partial charge in [-0.25, -0.2) is 0 Å². The van der Waals surface area contributed by atoms with Gasteiger partial charge in [0.2, 0.25) is 0 Å². The summed E-state index contributed by atoms with van der Waals surface area (Å²) in [5.41, 5.74) is 1.50. The molecule has 174 valence electrons. The Balaban J connectivity index is 1.71. The van der Waals surface area contributed by atoms with Gasteiger partial charge >= 0.3 is 0 Å². The normalized spacial score (nSPS) is 13.4. The second-order valence-corrected chi connectivity index (χ2v) is 9.60. The van der Waals surface area contributed by atoms with Gasteiger partial charge in [-0.05, 0) is 49.5 Å². The van der Waals surface area contributed by atoms with Crippen LogP contribution >= 0.6 is 0 Å². The van der Waals surface area contributed by atoms with Gasteiger partial charge in [-0.1, -0.05) is 122 Å². The molecule has 0 fully saturated rings. The molecule has 0 heterocycles. The van der Waals surface area contributed by atoms with Crippen LogP contribution in [-0.4, -0.2) is 13.2 Å². The largest absolute Gasteiger partial charge is 0.381 e. The van der Waals surface area contributed by atoms with Crippen molar-refractivity contribution in [3.63, 3.8) is 0 Å². The number of rotatable bonds is 21. The molecule has 1 nitrogen and oxygen atoms in total. The van der Waals surface area contributed by atoms with Crippen molar-refractivity contribution in [3.8, 4) is 0 Å². The first kappa shape index (κ1) is 27.2. The van der Waals surface area contributed by atoms with Gasteiger partial charge < -0.3 is 4.74 Å². The van der Waals surface area contributed by atoms with Crippen LogP contribution in [0.5, 0.6) is 0 Å². The Morgan fingerprint density at radius 3 is 1.67 bits per heavy atom. The predicted molar refractivity (Wildman–Crippen MR) is 134 cm³/mol. The van der Waals surface area contributed by atoms with Crippen LogP contribution in [0.3, 0.4) is 0 Å². The topological polar surface area (TPSA) is 9.23 Å². The molecular formula is C29H52O. The number of hydrogen-bond donors (Lipinski definition) is 0. The molecule has 1 aromatic rings. The molecule has 0 aliphatic rings. The first-order valence-corrected chi connectivity index (χ1v) is 13.4. The van der Waals surface area contributed by atoms with Crippen molar-refractivity contribution in [2.24, 2.45) is 11.8 Å². The molecule has 1 aromatic carbocycles. The van der Waals surface area contributed by atoms with E-state index < -0.39 is 0 Å². The molecule has 2 unspecified atom stereocenters. The molecule has 30 heavy (non-hydrogen) atoms. The third-order valence-electron chi connectivity index (χ3n) is 6.91. The van der Waals surface area contributed by atoms with Crippen molar-refractivity contribution in [2.75, 3.05) is 13.2 Å². The maximum atomic E-state index is 5.82. The molecule has 0 spiro atoms. The number of unbranched alkanes of at least 4 members (excludes halogenated alkanes) is 11. The van der Waals surface area contributed by atoms with Crippen molar-refractivity contribution < 1.29 is 4.74 Å². The second kappa shape index (κ2) is 20.1. The summed E-state index contributed by atoms with van der Waals surface area (Å²) >= 11 is 0. The Kier molecular flexibility index (Phi) is 18.2. The first-order chi connectivity index (χ1) is 14.7. The van der Waals surface area contributed by atoms with E-state index in [0.29, 0.717) is 0 Å². The van der Waals surface area contributed by atoms with Crippen LogP contribution < -0.4 is 0 Å². The van der Waals surface area contributed by atoms with Gasteiger partial charge in [-0.2, -0.15) is 0 Å². The molecule has 0 saturated heterocycles. The molecule has 0 radical (unpaired) electrons. The zero-order valence-electron chi connectivity index (χ0n) is 20.7. The SMILES string of the molecule is CCC(C)C(C)CCCOCCCCCCCCCCCCCCc1ccccc1. The average molecular weight is 417 g/mol. The smallest absolute Gasteiger partial charge is 0.0466 e. The van der Waals surface area contributed by atoms with Crippen molar-refractivity contribution in [1.29, 1.82) is 0 Å². The van der Waals surface area contributed by atoms with Gasteiger partial charge in [-0.3, -0.25) is 0 Å². The van der Waals surface area contributed by atoms with Crippen molar-refractivity contribution in [3.05, 3.63) is 35.9 Å². The zero-order chi connectivity index (χ0) is 21.7. The lowest BCUT2D eigenvalue weighted by Gasteiger charge is -2.17. The highest BCUT2D eigenvalue weighted by molar-refractivity contribution is 5.14. The Morgan fingerprint density at radius 2 is 1.10 bits per heavy atom. The maximum Gasteiger partial charge on any atom is 0.0466 e. The van der Waals surface area contributed by atoms with Gasteiger partial charge in [0.25, 0.3) is 0 Å². The maximum absolute atomic E-state index is 5.82. The fourth-order valence-corrected chi connectivity index (χ4v) is 4.24. The van der Waals surface area contributed by atoms with E-state index in [1.54, 1.807) is 0 Å². The van der Waals surface area contributed by atoms with Crippen molar-refractivity contribution in [2.45, 2.75) is 124 Å². The summed E-state index contributed by atoms with van der Waals surface area (Å²) in [5, 5.41) is 0. The fourth-order valence-electron chi connectivity index (χ4n) is 4.24. The lowest BCUT2D eigenvalue weighted by atomic mass is 9.90. The molecule has 1 heteroatoms. The highest BCUT2D eigenvalue weighted by Crippen LogP contribution is 2.19. The third kappa shape index (κ3) is 15.9. The summed E-state index contributed by atoms with van der Waals surface area (Å²) in [4.78, 5) is 0. The first-order valence-electron chi connectivity index (χ1n) is 13.4. The van der Waals surface area contributed by atoms with Crippen LogP contribution in [0.1, 0.15) is 123 Å². The number of hydrogen-bond acceptors (Lipinski definition) is 1. The minimum Gasteiger partial charge on any atom is -0.381 e. The molecule has 0 amide bonds. The quantitative estimate of drug-likeness (QED) is 0.181. The van der Waals surface area contributed by atoms with E-state index in [1.807, 2.05) is 0 Å². The number of aryl methyl sites for hydroxylation is 1. The van der Waals surface area contributed by atoms with Gasteiger partial charge in [0.15, 0.2) is 0 Å². The van der Waals surface area contributed by atoms with E-state index in [4.69, 9.17) is 4.74 Å². The lowest BCUT2D eigenvalue weighted by molar-refractivity contribution is 0.121. The molecule has 0 aliphatic heterocycles. The van der Waals surface area contributed by atoms with E-state index in [2.05, 4.69) is 51.1 Å². The average Bonchev–Trinajstić information content (AvgIpc) is 2.78. The van der Waals surface area contributed by atoms with E-state index in [9.17, 15) is 0 Å². The highest BCUT2D eigenvalue weighted by atomic mass is 16.5. The summed E-state index contributed by atoms with van der Waals surface area (Å²) in [5.74, 6) is 1.70. The van der Waals surface area contributed by atoms with Crippen molar-refractivity contribution >= 4 is 0 Å². The summed E-state index contributed by atoms with van der Waals surface area (Å²) in [6, 6.07) is 10.9. The summed E-state index contributed by atoms with van der Waals surface area (Å²) < 4.78 is 5.82. The lowest BCUT2D eigenvalue weighted by Crippen LogP contribution is -2.08. The van der Waals surface area contributed by atoms with Gasteiger partial charge in [0, 0.05) is 13.2 Å². The number of benzene rings is 1. The monoisotopic (exact) mass is 416 g/mol. The van der Waals surface area contributed by atoms with Crippen molar-refractivity contribution in [1.82, 2.24) is 0 Å². The molecule has 0 saturated carbocycles. The minimum atomic E-state index is 0.846. The molecule has 0 bridgehead atoms. The van der Waals surface area contributed by atoms with Gasteiger partial charge in [0.1, 0.15) is 0 Å². The molecule has 0 aliphatic carbocycles. The van der Waals surface area contributed by atoms with Crippen LogP contribution in [0.25, 0.3) is 0 Å². The summed E-state index contributed by atoms with van der Waals surface area (Å²) in [6.07, 6.45) is 21.9. The number of ether oxygens (including phenoxy) is 1. The van der Waals surface area contributed by atoms with Crippen LogP contribution in [0.15, 0.2) is 30.3 Å². The summed E-state index contributed by atoms with van der Waals surface area (Å²) in [6.45, 7) is 9.00. The predicted octanol–water partition coefficient (Wildman–Crippen LogP) is 9.39. The van der Waals surface area contributed by atoms with Gasteiger partial charge in [0.05, 0.1) is 0 Å². The standard InChI is InChI=1S/C29H52O/c1-4-27(2)28(3)21-20-26-30-25-19-14-12-10-8-6-5-7-9-11-13-16-22-29-23-17-15-18-24-29/h15,17-18,23-24,27-28H,4-14,16,19-22,25-26H2,1-3H3. The molecule has 1 rings (SSSR count). The van der Waals surface area contributed by atoms with E-state index in [0.717, 1.165) is 25.0 Å². The highest BCUT2D eigenvalue weighted by Gasteiger charge is 2.09. The second-order valence-electron chi connectivity index (χ2n) is 9.60. The Morgan fingerprint density at radius 1 is 0.600 bits per heavy atom. The molecule has 2 atom stereocenters. The zero-order valence-corrected chi connectivity index (χ0v) is 20.7. The summed E-state index contributed by atoms with van der Waals surface area (Å²) in [7, 11) is 0. The van der Waals surface area contributed by atoms with Crippen LogP contribution in [0, 0.1) is 11.8 Å². The Labute approximate surface area is 189 Å². The third-order valence-corrected chi connectivity index (χ3v) is 6.91. The Hall–Kier alpha value is -0.820. The fraction of sp³-hybridized carbons (Fsp3) is 0.793. The Bertz CT molecular complexity index is 455. The van der Waals surface area contributed by atoms with Crippen LogP contribution in [0.2, 0.25) is 0 Å². The van der Waals surface area contributed by atoms with Crippen LogP contribution in [-0.2, 0) is 11.2 Å². The van der Waals surface area contributed by atoms with Crippen LogP contribution in [0.4, 0.5) is 0 Å². The molecule has 0 aromatic heterocycles. The van der Waals surface area contributed by atoms with E-state index in [1.165, 1.54) is 108 Å². The van der Waals surface area contributed by atoms with Gasteiger partial charge in [-0.15, -0.1) is 0 Å². The molecule has 0 N–H and O–H groups in total. The molecular weight excluding hydrogens is 364 g/mol. The van der Waals surface area contributed by atoms with E-state index >= 15 is 0 Å².